The Kier molecular flexibility index (Phi) is 20.3. The van der Waals surface area contributed by atoms with Crippen molar-refractivity contribution >= 4 is 29.5 Å². The summed E-state index contributed by atoms with van der Waals surface area (Å²) in [5.41, 5.74) is 0. The van der Waals surface area contributed by atoms with Crippen molar-refractivity contribution < 1.29 is 0 Å². The van der Waals surface area contributed by atoms with Crippen LogP contribution in [-0.2, 0) is 0 Å². The fraction of sp³-hybridized carbons (Fsp3) is 0.885. The molecular weight excluding hydrogens is 446 g/mol. The molecular formula is C26H51N5S2. The molecule has 192 valence electrons. The van der Waals surface area contributed by atoms with Crippen LogP contribution in [0.2, 0.25) is 0 Å². The van der Waals surface area contributed by atoms with E-state index in [2.05, 4.69) is 37.9 Å². The quantitative estimate of drug-likeness (QED) is 0.122. The van der Waals surface area contributed by atoms with Gasteiger partial charge in [-0.05, 0) is 25.9 Å². The monoisotopic (exact) mass is 497 g/mol. The highest BCUT2D eigenvalue weighted by molar-refractivity contribution is 7.99. The van der Waals surface area contributed by atoms with Gasteiger partial charge in [0.05, 0.1) is 0 Å². The molecule has 0 amide bonds. The van der Waals surface area contributed by atoms with Gasteiger partial charge in [0.2, 0.25) is 5.95 Å². The third kappa shape index (κ3) is 16.7. The standard InChI is InChI=1S/C26H51N5S2/c1-5-9-11-13-14-15-16-17-19-23-33-26-29-24(27-20-21-31(7-3)8-4)28-25(30-26)32-22-18-12-10-6-2/h5-23H2,1-4H3,(H,27,28,29,30). The van der Waals surface area contributed by atoms with Crippen LogP contribution < -0.4 is 5.32 Å². The lowest BCUT2D eigenvalue weighted by atomic mass is 10.1. The number of nitrogens with one attached hydrogen (secondary N) is 1. The van der Waals surface area contributed by atoms with Crippen LogP contribution in [0.25, 0.3) is 0 Å². The van der Waals surface area contributed by atoms with Gasteiger partial charge in [-0.2, -0.15) is 15.0 Å². The summed E-state index contributed by atoms with van der Waals surface area (Å²) in [6.45, 7) is 13.0. The largest absolute Gasteiger partial charge is 0.353 e. The van der Waals surface area contributed by atoms with Crippen molar-refractivity contribution in [2.75, 3.05) is 43.0 Å². The van der Waals surface area contributed by atoms with Crippen molar-refractivity contribution in [1.82, 2.24) is 19.9 Å². The van der Waals surface area contributed by atoms with Crippen molar-refractivity contribution in [2.45, 2.75) is 121 Å². The second-order valence-electron chi connectivity index (χ2n) is 8.76. The molecule has 0 radical (unpaired) electrons. The number of rotatable bonds is 23. The van der Waals surface area contributed by atoms with Crippen LogP contribution in [0.5, 0.6) is 0 Å². The third-order valence-corrected chi connectivity index (χ3v) is 7.78. The molecule has 0 aliphatic rings. The van der Waals surface area contributed by atoms with Gasteiger partial charge >= 0.3 is 0 Å². The molecule has 1 N–H and O–H groups in total. The van der Waals surface area contributed by atoms with E-state index in [1.807, 2.05) is 0 Å². The summed E-state index contributed by atoms with van der Waals surface area (Å²) < 4.78 is 0. The van der Waals surface area contributed by atoms with Crippen molar-refractivity contribution in [3.05, 3.63) is 0 Å². The Morgan fingerprint density at radius 2 is 1.06 bits per heavy atom. The number of aromatic nitrogens is 3. The van der Waals surface area contributed by atoms with E-state index in [-0.39, 0.29) is 0 Å². The molecule has 7 heteroatoms. The highest BCUT2D eigenvalue weighted by atomic mass is 32.2. The summed E-state index contributed by atoms with van der Waals surface area (Å²) in [6, 6.07) is 0. The first-order chi connectivity index (χ1) is 16.2. The first-order valence-corrected chi connectivity index (χ1v) is 15.7. The number of thioether (sulfide) groups is 2. The fourth-order valence-corrected chi connectivity index (χ4v) is 5.40. The normalized spacial score (nSPS) is 11.4. The van der Waals surface area contributed by atoms with E-state index in [0.717, 1.165) is 53.9 Å². The minimum Gasteiger partial charge on any atom is -0.353 e. The van der Waals surface area contributed by atoms with Gasteiger partial charge in [-0.3, -0.25) is 0 Å². The molecule has 5 nitrogen and oxygen atoms in total. The van der Waals surface area contributed by atoms with E-state index >= 15 is 0 Å². The zero-order valence-electron chi connectivity index (χ0n) is 22.0. The van der Waals surface area contributed by atoms with Crippen LogP contribution >= 0.6 is 23.5 Å². The molecule has 1 aromatic heterocycles. The topological polar surface area (TPSA) is 53.9 Å². The molecule has 0 aromatic carbocycles. The Bertz CT molecular complexity index is 570. The van der Waals surface area contributed by atoms with Crippen molar-refractivity contribution in [3.63, 3.8) is 0 Å². The lowest BCUT2D eigenvalue weighted by Crippen LogP contribution is -2.29. The Hall–Kier alpha value is -0.530. The zero-order chi connectivity index (χ0) is 24.0. The Labute approximate surface area is 213 Å². The fourth-order valence-electron chi connectivity index (χ4n) is 3.68. The number of hydrogen-bond acceptors (Lipinski definition) is 7. The molecule has 1 rings (SSSR count). The number of unbranched alkanes of at least 4 members (excludes halogenated alkanes) is 11. The van der Waals surface area contributed by atoms with Crippen molar-refractivity contribution in [3.8, 4) is 0 Å². The molecule has 0 saturated carbocycles. The van der Waals surface area contributed by atoms with Crippen molar-refractivity contribution in [2.24, 2.45) is 0 Å². The summed E-state index contributed by atoms with van der Waals surface area (Å²) in [5, 5.41) is 5.20. The molecule has 0 saturated heterocycles. The maximum Gasteiger partial charge on any atom is 0.227 e. The van der Waals surface area contributed by atoms with Gasteiger partial charge in [-0.25, -0.2) is 0 Å². The summed E-state index contributed by atoms with van der Waals surface area (Å²) in [7, 11) is 0. The van der Waals surface area contributed by atoms with Crippen LogP contribution in [0.15, 0.2) is 10.3 Å². The van der Waals surface area contributed by atoms with E-state index in [1.165, 1.54) is 83.5 Å². The molecule has 0 spiro atoms. The predicted molar refractivity (Wildman–Crippen MR) is 149 cm³/mol. The number of hydrogen-bond donors (Lipinski definition) is 1. The summed E-state index contributed by atoms with van der Waals surface area (Å²) in [4.78, 5) is 16.6. The van der Waals surface area contributed by atoms with Gasteiger partial charge in [-0.15, -0.1) is 0 Å². The summed E-state index contributed by atoms with van der Waals surface area (Å²) in [5.74, 6) is 2.92. The second-order valence-corrected chi connectivity index (χ2v) is 10.9. The molecule has 1 aromatic rings. The molecule has 0 bridgehead atoms. The highest BCUT2D eigenvalue weighted by Crippen LogP contribution is 2.22. The van der Waals surface area contributed by atoms with E-state index in [9.17, 15) is 0 Å². The molecule has 0 atom stereocenters. The van der Waals surface area contributed by atoms with Crippen LogP contribution in [-0.4, -0.2) is 57.5 Å². The van der Waals surface area contributed by atoms with Crippen LogP contribution in [0, 0.1) is 0 Å². The summed E-state index contributed by atoms with van der Waals surface area (Å²) in [6.07, 6.45) is 17.4. The lowest BCUT2D eigenvalue weighted by Gasteiger charge is -2.18. The van der Waals surface area contributed by atoms with Crippen molar-refractivity contribution in [1.29, 1.82) is 0 Å². The molecule has 33 heavy (non-hydrogen) atoms. The molecule has 0 fully saturated rings. The Morgan fingerprint density at radius 3 is 1.55 bits per heavy atom. The van der Waals surface area contributed by atoms with E-state index in [0.29, 0.717) is 0 Å². The highest BCUT2D eigenvalue weighted by Gasteiger charge is 2.09. The number of anilines is 1. The average Bonchev–Trinajstić information content (AvgIpc) is 2.83. The SMILES string of the molecule is CCCCCCCCCCCSc1nc(NCCN(CC)CC)nc(SCCCCCC)n1. The van der Waals surface area contributed by atoms with E-state index in [1.54, 1.807) is 23.5 Å². The van der Waals surface area contributed by atoms with E-state index in [4.69, 9.17) is 15.0 Å². The Morgan fingerprint density at radius 1 is 0.606 bits per heavy atom. The minimum atomic E-state index is 0.739. The maximum atomic E-state index is 4.76. The average molecular weight is 498 g/mol. The maximum absolute atomic E-state index is 4.76. The van der Waals surface area contributed by atoms with Gasteiger partial charge in [0.1, 0.15) is 0 Å². The molecule has 1 heterocycles. The minimum absolute atomic E-state index is 0.739. The number of nitrogens with zero attached hydrogens (tertiary/aromatic N) is 4. The van der Waals surface area contributed by atoms with Gasteiger partial charge in [-0.1, -0.05) is 122 Å². The lowest BCUT2D eigenvalue weighted by molar-refractivity contribution is 0.315. The second kappa shape index (κ2) is 22.0. The first kappa shape index (κ1) is 30.5. The number of likely N-dealkylation sites (N-methyl/N-ethyl adjacent to an activating group) is 1. The van der Waals surface area contributed by atoms with E-state index < -0.39 is 0 Å². The molecule has 0 aliphatic carbocycles. The van der Waals surface area contributed by atoms with Gasteiger partial charge in [0, 0.05) is 24.6 Å². The molecule has 0 aliphatic heterocycles. The van der Waals surface area contributed by atoms with Crippen LogP contribution in [0.3, 0.4) is 0 Å². The predicted octanol–water partition coefficient (Wildman–Crippen LogP) is 7.92. The van der Waals surface area contributed by atoms with Crippen LogP contribution in [0.4, 0.5) is 5.95 Å². The Balaban J connectivity index is 2.44. The smallest absolute Gasteiger partial charge is 0.227 e. The summed E-state index contributed by atoms with van der Waals surface area (Å²) >= 11 is 3.57. The first-order valence-electron chi connectivity index (χ1n) is 13.7. The van der Waals surface area contributed by atoms with Crippen LogP contribution in [0.1, 0.15) is 111 Å². The van der Waals surface area contributed by atoms with Gasteiger partial charge in [0.15, 0.2) is 10.3 Å². The zero-order valence-corrected chi connectivity index (χ0v) is 23.7. The van der Waals surface area contributed by atoms with Gasteiger partial charge < -0.3 is 10.2 Å². The van der Waals surface area contributed by atoms with Gasteiger partial charge in [0.25, 0.3) is 0 Å². The molecule has 0 unspecified atom stereocenters. The third-order valence-electron chi connectivity index (χ3n) is 5.91.